The Balaban J connectivity index is 2.20. The van der Waals surface area contributed by atoms with Crippen LogP contribution in [0.5, 0.6) is 5.75 Å². The molecule has 0 saturated carbocycles. The first kappa shape index (κ1) is 14.9. The summed E-state index contributed by atoms with van der Waals surface area (Å²) in [6.07, 6.45) is 0.786. The van der Waals surface area contributed by atoms with E-state index in [1.165, 1.54) is 0 Å². The summed E-state index contributed by atoms with van der Waals surface area (Å²) in [4.78, 5) is 2.21. The molecule has 4 heteroatoms. The van der Waals surface area contributed by atoms with Crippen molar-refractivity contribution >= 4 is 0 Å². The van der Waals surface area contributed by atoms with Crippen LogP contribution in [0.3, 0.4) is 0 Å². The van der Waals surface area contributed by atoms with Crippen molar-refractivity contribution in [2.45, 2.75) is 25.5 Å². The zero-order valence-corrected chi connectivity index (χ0v) is 12.0. The highest BCUT2D eigenvalue weighted by Gasteiger charge is 2.31. The van der Waals surface area contributed by atoms with Crippen LogP contribution in [0, 0.1) is 11.8 Å². The molecule has 0 aromatic heterocycles. The number of hydrogen-bond donors (Lipinski definition) is 2. The van der Waals surface area contributed by atoms with Gasteiger partial charge in [-0.05, 0) is 37.1 Å². The van der Waals surface area contributed by atoms with E-state index in [1.807, 2.05) is 25.1 Å². The lowest BCUT2D eigenvalue weighted by Crippen LogP contribution is -2.29. The molecule has 20 heavy (non-hydrogen) atoms. The summed E-state index contributed by atoms with van der Waals surface area (Å²) in [6.45, 7) is 3.98. The van der Waals surface area contributed by atoms with E-state index in [4.69, 9.17) is 9.84 Å². The summed E-state index contributed by atoms with van der Waals surface area (Å²) in [5.41, 5.74) is 1.35. The predicted octanol–water partition coefficient (Wildman–Crippen LogP) is 0.996. The highest BCUT2D eigenvalue weighted by atomic mass is 16.5. The van der Waals surface area contributed by atoms with E-state index in [2.05, 4.69) is 16.7 Å². The second-order valence-corrected chi connectivity index (χ2v) is 5.44. The fraction of sp³-hybridized carbons (Fsp3) is 0.500. The lowest BCUT2D eigenvalue weighted by atomic mass is 10.1. The molecule has 1 atom stereocenters. The van der Waals surface area contributed by atoms with Gasteiger partial charge in [-0.1, -0.05) is 11.8 Å². The molecule has 0 amide bonds. The van der Waals surface area contributed by atoms with Crippen LogP contribution in [0.1, 0.15) is 24.5 Å². The molecule has 0 spiro atoms. The van der Waals surface area contributed by atoms with Gasteiger partial charge in [0.1, 0.15) is 12.4 Å². The summed E-state index contributed by atoms with van der Waals surface area (Å²) in [7, 11) is 1.64. The minimum absolute atomic E-state index is 0.149. The first-order chi connectivity index (χ1) is 9.54. The number of ether oxygens (including phenoxy) is 1. The molecule has 1 aliphatic rings. The van der Waals surface area contributed by atoms with E-state index in [1.54, 1.807) is 7.11 Å². The van der Waals surface area contributed by atoms with Gasteiger partial charge in [-0.15, -0.1) is 0 Å². The maximum Gasteiger partial charge on any atom is 0.119 e. The van der Waals surface area contributed by atoms with E-state index in [0.717, 1.165) is 36.4 Å². The van der Waals surface area contributed by atoms with Crippen LogP contribution in [0.4, 0.5) is 0 Å². The zero-order chi connectivity index (χ0) is 14.6. The summed E-state index contributed by atoms with van der Waals surface area (Å²) in [6, 6.07) is 5.74. The van der Waals surface area contributed by atoms with Gasteiger partial charge < -0.3 is 14.9 Å². The summed E-state index contributed by atoms with van der Waals surface area (Å²) >= 11 is 0. The van der Waals surface area contributed by atoms with Gasteiger partial charge in [0.2, 0.25) is 0 Å². The van der Waals surface area contributed by atoms with Crippen LogP contribution < -0.4 is 4.74 Å². The number of β-amino-alcohol motifs (C(OH)–C–C–N with tert-alkyl or cyclic N) is 1. The largest absolute Gasteiger partial charge is 0.497 e. The number of rotatable bonds is 3. The zero-order valence-electron chi connectivity index (χ0n) is 12.0. The summed E-state index contributed by atoms with van der Waals surface area (Å²) in [5, 5.41) is 18.9. The average Bonchev–Trinajstić information content (AvgIpc) is 2.76. The van der Waals surface area contributed by atoms with Crippen molar-refractivity contribution in [2.75, 3.05) is 26.8 Å². The molecule has 1 saturated heterocycles. The molecule has 1 fully saturated rings. The summed E-state index contributed by atoms with van der Waals surface area (Å²) < 4.78 is 5.25. The Morgan fingerprint density at radius 2 is 2.25 bits per heavy atom. The van der Waals surface area contributed by atoms with Crippen LogP contribution in [-0.2, 0) is 6.54 Å². The van der Waals surface area contributed by atoms with Crippen molar-refractivity contribution in [3.05, 3.63) is 29.3 Å². The minimum atomic E-state index is -0.601. The molecule has 4 nitrogen and oxygen atoms in total. The fourth-order valence-electron chi connectivity index (χ4n) is 2.50. The van der Waals surface area contributed by atoms with E-state index in [9.17, 15) is 5.11 Å². The van der Waals surface area contributed by atoms with Crippen molar-refractivity contribution in [1.29, 1.82) is 0 Å². The summed E-state index contributed by atoms with van der Waals surface area (Å²) in [5.74, 6) is 6.44. The monoisotopic (exact) mass is 275 g/mol. The van der Waals surface area contributed by atoms with Gasteiger partial charge in [0.25, 0.3) is 0 Å². The number of methoxy groups -OCH3 is 1. The van der Waals surface area contributed by atoms with E-state index >= 15 is 0 Å². The molecule has 1 aromatic rings. The molecule has 2 rings (SSSR count). The predicted molar refractivity (Wildman–Crippen MR) is 77.5 cm³/mol. The maximum absolute atomic E-state index is 10.0. The Kier molecular flexibility index (Phi) is 4.66. The van der Waals surface area contributed by atoms with Crippen LogP contribution in [0.25, 0.3) is 0 Å². The molecular formula is C16H21NO3. The van der Waals surface area contributed by atoms with Gasteiger partial charge in [-0.2, -0.15) is 0 Å². The third-order valence-electron chi connectivity index (χ3n) is 3.54. The second kappa shape index (κ2) is 6.27. The smallest absolute Gasteiger partial charge is 0.119 e. The first-order valence-electron chi connectivity index (χ1n) is 6.75. The number of aliphatic hydroxyl groups is 2. The molecule has 1 heterocycles. The second-order valence-electron chi connectivity index (χ2n) is 5.44. The normalized spacial score (nSPS) is 22.4. The molecule has 0 bridgehead atoms. The first-order valence-corrected chi connectivity index (χ1v) is 6.75. The van der Waals surface area contributed by atoms with Crippen molar-refractivity contribution in [3.63, 3.8) is 0 Å². The fourth-order valence-corrected chi connectivity index (χ4v) is 2.50. The highest BCUT2D eigenvalue weighted by molar-refractivity contribution is 5.45. The standard InChI is InChI=1S/C16H21NO3/c1-16(19)7-8-17(12-16)11-14-10-15(20-2)6-5-13(14)4-3-9-18/h5-6,10,18-19H,7-9,11-12H2,1-2H3. The quantitative estimate of drug-likeness (QED) is 0.808. The lowest BCUT2D eigenvalue weighted by molar-refractivity contribution is 0.0679. The third kappa shape index (κ3) is 3.73. The molecule has 0 radical (unpaired) electrons. The van der Waals surface area contributed by atoms with Crippen LogP contribution in [0.15, 0.2) is 18.2 Å². The van der Waals surface area contributed by atoms with Crippen LogP contribution in [0.2, 0.25) is 0 Å². The van der Waals surface area contributed by atoms with Crippen LogP contribution in [-0.4, -0.2) is 47.5 Å². The van der Waals surface area contributed by atoms with Crippen molar-refractivity contribution in [1.82, 2.24) is 4.90 Å². The number of likely N-dealkylation sites (tertiary alicyclic amines) is 1. The number of benzene rings is 1. The topological polar surface area (TPSA) is 52.9 Å². The van der Waals surface area contributed by atoms with Gasteiger partial charge in [0.15, 0.2) is 0 Å². The van der Waals surface area contributed by atoms with Gasteiger partial charge in [0, 0.05) is 25.2 Å². The Hall–Kier alpha value is -1.54. The minimum Gasteiger partial charge on any atom is -0.497 e. The van der Waals surface area contributed by atoms with Gasteiger partial charge in [-0.3, -0.25) is 4.90 Å². The molecule has 1 aromatic carbocycles. The molecule has 0 aliphatic carbocycles. The Bertz CT molecular complexity index is 528. The van der Waals surface area contributed by atoms with Gasteiger partial charge in [0.05, 0.1) is 12.7 Å². The molecular weight excluding hydrogens is 254 g/mol. The SMILES string of the molecule is COc1ccc(C#CCO)c(CN2CCC(C)(O)C2)c1. The van der Waals surface area contributed by atoms with Gasteiger partial charge in [-0.25, -0.2) is 0 Å². The highest BCUT2D eigenvalue weighted by Crippen LogP contribution is 2.24. The maximum atomic E-state index is 10.0. The molecule has 1 unspecified atom stereocenters. The average molecular weight is 275 g/mol. The van der Waals surface area contributed by atoms with Gasteiger partial charge >= 0.3 is 0 Å². The number of hydrogen-bond acceptors (Lipinski definition) is 4. The molecule has 2 N–H and O–H groups in total. The van der Waals surface area contributed by atoms with Crippen molar-refractivity contribution < 1.29 is 14.9 Å². The van der Waals surface area contributed by atoms with Crippen molar-refractivity contribution in [2.24, 2.45) is 0 Å². The third-order valence-corrected chi connectivity index (χ3v) is 3.54. The lowest BCUT2D eigenvalue weighted by Gasteiger charge is -2.19. The van der Waals surface area contributed by atoms with Crippen LogP contribution >= 0.6 is 0 Å². The van der Waals surface area contributed by atoms with E-state index in [0.29, 0.717) is 6.54 Å². The number of aliphatic hydroxyl groups excluding tert-OH is 1. The number of nitrogens with zero attached hydrogens (tertiary/aromatic N) is 1. The molecule has 1 aliphatic heterocycles. The molecule has 108 valence electrons. The van der Waals surface area contributed by atoms with E-state index < -0.39 is 5.60 Å². The van der Waals surface area contributed by atoms with Crippen molar-refractivity contribution in [3.8, 4) is 17.6 Å². The Morgan fingerprint density at radius 1 is 1.45 bits per heavy atom. The Labute approximate surface area is 120 Å². The Morgan fingerprint density at radius 3 is 2.85 bits per heavy atom. The van der Waals surface area contributed by atoms with E-state index in [-0.39, 0.29) is 6.61 Å².